The first-order valence-corrected chi connectivity index (χ1v) is 11.6. The molecule has 0 radical (unpaired) electrons. The van der Waals surface area contributed by atoms with Crippen molar-refractivity contribution in [3.8, 4) is 0 Å². The normalized spacial score (nSPS) is 18.8. The number of hydrogen-bond acceptors (Lipinski definition) is 4. The highest BCUT2D eigenvalue weighted by atomic mass is 16.2. The van der Waals surface area contributed by atoms with Crippen molar-refractivity contribution in [2.45, 2.75) is 32.4 Å². The van der Waals surface area contributed by atoms with Crippen molar-refractivity contribution in [2.24, 2.45) is 0 Å². The van der Waals surface area contributed by atoms with Crippen molar-refractivity contribution in [3.63, 3.8) is 0 Å². The molecular formula is C28H25N3O4. The minimum atomic E-state index is -0.466. The number of rotatable bonds is 4. The van der Waals surface area contributed by atoms with Gasteiger partial charge in [0.05, 0.1) is 17.2 Å². The van der Waals surface area contributed by atoms with E-state index in [4.69, 9.17) is 0 Å². The topological polar surface area (TPSA) is 78.0 Å². The number of para-hydroxylation sites is 2. The Morgan fingerprint density at radius 1 is 0.857 bits per heavy atom. The second-order valence-electron chi connectivity index (χ2n) is 8.89. The lowest BCUT2D eigenvalue weighted by Gasteiger charge is -2.43. The predicted octanol–water partition coefficient (Wildman–Crippen LogP) is 4.20. The Morgan fingerprint density at radius 3 is 2.06 bits per heavy atom. The molecule has 0 unspecified atom stereocenters. The minimum Gasteiger partial charge on any atom is -0.309 e. The van der Waals surface area contributed by atoms with Crippen LogP contribution in [-0.2, 0) is 9.59 Å². The van der Waals surface area contributed by atoms with Crippen molar-refractivity contribution in [3.05, 3.63) is 95.6 Å². The Bertz CT molecular complexity index is 1300. The van der Waals surface area contributed by atoms with Crippen LogP contribution in [0.3, 0.4) is 0 Å². The van der Waals surface area contributed by atoms with Crippen LogP contribution in [0.2, 0.25) is 0 Å². The molecule has 2 heterocycles. The van der Waals surface area contributed by atoms with Gasteiger partial charge in [-0.1, -0.05) is 48.5 Å². The summed E-state index contributed by atoms with van der Waals surface area (Å²) in [5, 5.41) is 0. The summed E-state index contributed by atoms with van der Waals surface area (Å²) in [5.41, 5.74) is 2.89. The van der Waals surface area contributed by atoms with Crippen molar-refractivity contribution in [2.75, 3.05) is 16.3 Å². The molecule has 0 spiro atoms. The second-order valence-corrected chi connectivity index (χ2v) is 8.89. The van der Waals surface area contributed by atoms with Gasteiger partial charge in [0.25, 0.3) is 11.8 Å². The molecule has 2 atom stereocenters. The van der Waals surface area contributed by atoms with E-state index in [2.05, 4.69) is 0 Å². The number of benzene rings is 3. The van der Waals surface area contributed by atoms with Crippen molar-refractivity contribution in [1.29, 1.82) is 0 Å². The summed E-state index contributed by atoms with van der Waals surface area (Å²) < 4.78 is 0. The van der Waals surface area contributed by atoms with Crippen LogP contribution in [0.1, 0.15) is 52.6 Å². The summed E-state index contributed by atoms with van der Waals surface area (Å²) in [5.74, 6) is -1.36. The lowest BCUT2D eigenvalue weighted by Crippen LogP contribution is -2.49. The van der Waals surface area contributed by atoms with Gasteiger partial charge in [-0.2, -0.15) is 0 Å². The molecule has 176 valence electrons. The van der Waals surface area contributed by atoms with E-state index in [1.165, 1.54) is 6.92 Å². The number of imide groups is 1. The first-order chi connectivity index (χ1) is 16.9. The molecule has 0 saturated heterocycles. The average molecular weight is 468 g/mol. The summed E-state index contributed by atoms with van der Waals surface area (Å²) in [6.07, 6.45) is 0.513. The number of carbonyl (C=O) groups is 4. The third kappa shape index (κ3) is 3.79. The Balaban J connectivity index is 1.54. The SMILES string of the molecule is CC(=O)N1c2ccccc2[C@@H](N(C(=O)CN2C(=O)c3ccccc3C2=O)c2ccccc2)C[C@H]1C. The molecule has 4 amide bonds. The standard InChI is InChI=1S/C28H25N3O4/c1-18-16-25(23-14-8-9-15-24(23)30(18)19(2)32)31(20-10-4-3-5-11-20)26(33)17-29-27(34)21-12-6-7-13-22(21)28(29)35/h3-15,18,25H,16-17H2,1-2H3/t18-,25+/m1/s1. The Morgan fingerprint density at radius 2 is 1.43 bits per heavy atom. The monoisotopic (exact) mass is 467 g/mol. The number of fused-ring (bicyclic) bond motifs is 2. The highest BCUT2D eigenvalue weighted by Gasteiger charge is 2.41. The molecule has 0 bridgehead atoms. The summed E-state index contributed by atoms with van der Waals surface area (Å²) >= 11 is 0. The van der Waals surface area contributed by atoms with Crippen LogP contribution in [0, 0.1) is 0 Å². The number of nitrogens with zero attached hydrogens (tertiary/aromatic N) is 3. The molecule has 0 fully saturated rings. The first-order valence-electron chi connectivity index (χ1n) is 11.6. The van der Waals surface area contributed by atoms with E-state index < -0.39 is 11.8 Å². The second kappa shape index (κ2) is 8.83. The van der Waals surface area contributed by atoms with E-state index in [-0.39, 0.29) is 30.4 Å². The zero-order valence-electron chi connectivity index (χ0n) is 19.5. The molecule has 5 rings (SSSR count). The molecule has 0 aromatic heterocycles. The quantitative estimate of drug-likeness (QED) is 0.539. The molecular weight excluding hydrogens is 442 g/mol. The molecule has 0 saturated carbocycles. The van der Waals surface area contributed by atoms with E-state index in [1.54, 1.807) is 34.1 Å². The third-order valence-electron chi connectivity index (χ3n) is 6.69. The maximum Gasteiger partial charge on any atom is 0.262 e. The van der Waals surface area contributed by atoms with Crippen LogP contribution < -0.4 is 9.80 Å². The van der Waals surface area contributed by atoms with Crippen LogP contribution in [-0.4, -0.2) is 41.1 Å². The number of amides is 4. The molecule has 35 heavy (non-hydrogen) atoms. The summed E-state index contributed by atoms with van der Waals surface area (Å²) in [6, 6.07) is 22.9. The molecule has 2 aliphatic heterocycles. The maximum atomic E-state index is 13.9. The fourth-order valence-corrected chi connectivity index (χ4v) is 5.19. The van der Waals surface area contributed by atoms with E-state index in [1.807, 2.05) is 61.5 Å². The van der Waals surface area contributed by atoms with Gasteiger partial charge in [-0.15, -0.1) is 0 Å². The van der Waals surface area contributed by atoms with Gasteiger partial charge in [-0.05, 0) is 49.2 Å². The molecule has 3 aromatic rings. The zero-order chi connectivity index (χ0) is 24.7. The highest BCUT2D eigenvalue weighted by molar-refractivity contribution is 6.22. The number of hydrogen-bond donors (Lipinski definition) is 0. The Labute approximate surface area is 203 Å². The van der Waals surface area contributed by atoms with Crippen LogP contribution in [0.4, 0.5) is 11.4 Å². The largest absolute Gasteiger partial charge is 0.309 e. The zero-order valence-corrected chi connectivity index (χ0v) is 19.5. The Kier molecular flexibility index (Phi) is 5.68. The van der Waals surface area contributed by atoms with Crippen LogP contribution in [0.15, 0.2) is 78.9 Å². The number of carbonyl (C=O) groups excluding carboxylic acids is 4. The van der Waals surface area contributed by atoms with E-state index in [0.29, 0.717) is 23.2 Å². The van der Waals surface area contributed by atoms with Crippen molar-refractivity contribution in [1.82, 2.24) is 4.90 Å². The molecule has 7 heteroatoms. The molecule has 2 aliphatic rings. The Hall–Kier alpha value is -4.26. The lowest BCUT2D eigenvalue weighted by molar-refractivity contribution is -0.119. The third-order valence-corrected chi connectivity index (χ3v) is 6.69. The van der Waals surface area contributed by atoms with Crippen molar-refractivity contribution < 1.29 is 19.2 Å². The van der Waals surface area contributed by atoms with Gasteiger partial charge in [0.15, 0.2) is 0 Å². The van der Waals surface area contributed by atoms with E-state index in [9.17, 15) is 19.2 Å². The van der Waals surface area contributed by atoms with Crippen LogP contribution in [0.25, 0.3) is 0 Å². The smallest absolute Gasteiger partial charge is 0.262 e. The van der Waals surface area contributed by atoms with E-state index in [0.717, 1.165) is 16.2 Å². The molecule has 0 N–H and O–H groups in total. The predicted molar refractivity (Wildman–Crippen MR) is 132 cm³/mol. The maximum absolute atomic E-state index is 13.9. The van der Waals surface area contributed by atoms with Gasteiger partial charge in [-0.25, -0.2) is 0 Å². The van der Waals surface area contributed by atoms with Crippen molar-refractivity contribution >= 4 is 35.0 Å². The molecule has 3 aromatic carbocycles. The van der Waals surface area contributed by atoms with Gasteiger partial charge >= 0.3 is 0 Å². The van der Waals surface area contributed by atoms with Gasteiger partial charge in [0, 0.05) is 24.3 Å². The van der Waals surface area contributed by atoms with Gasteiger partial charge < -0.3 is 9.80 Å². The number of anilines is 2. The van der Waals surface area contributed by atoms with Gasteiger partial charge in [0.1, 0.15) is 6.54 Å². The first kappa shape index (κ1) is 22.5. The summed E-state index contributed by atoms with van der Waals surface area (Å²) in [4.78, 5) is 56.6. The van der Waals surface area contributed by atoms with Gasteiger partial charge in [-0.3, -0.25) is 24.1 Å². The minimum absolute atomic E-state index is 0.0630. The van der Waals surface area contributed by atoms with Crippen LogP contribution in [0.5, 0.6) is 0 Å². The van der Waals surface area contributed by atoms with Crippen LogP contribution >= 0.6 is 0 Å². The average Bonchev–Trinajstić information content (AvgIpc) is 3.09. The summed E-state index contributed by atoms with van der Waals surface area (Å²) in [7, 11) is 0. The fourth-order valence-electron chi connectivity index (χ4n) is 5.19. The molecule has 7 nitrogen and oxygen atoms in total. The van der Waals surface area contributed by atoms with E-state index >= 15 is 0 Å². The highest BCUT2D eigenvalue weighted by Crippen LogP contribution is 2.42. The lowest BCUT2D eigenvalue weighted by atomic mass is 9.90. The summed E-state index contributed by atoms with van der Waals surface area (Å²) in [6.45, 7) is 3.13. The molecule has 0 aliphatic carbocycles. The fraction of sp³-hybridized carbons (Fsp3) is 0.214. The van der Waals surface area contributed by atoms with Gasteiger partial charge in [0.2, 0.25) is 11.8 Å².